The van der Waals surface area contributed by atoms with Gasteiger partial charge in [-0.05, 0) is 31.0 Å². The van der Waals surface area contributed by atoms with Gasteiger partial charge >= 0.3 is 0 Å². The SMILES string of the molecule is Cl.Cn1ccnc1C1CNCCN1Cc1ccc2c(c1)CC(C)(C)O2. The quantitative estimate of drug-likeness (QED) is 0.911. The topological polar surface area (TPSA) is 42.3 Å². The Morgan fingerprint density at radius 1 is 1.36 bits per heavy atom. The lowest BCUT2D eigenvalue weighted by Gasteiger charge is -2.35. The van der Waals surface area contributed by atoms with Crippen LogP contribution in [0.3, 0.4) is 0 Å². The summed E-state index contributed by atoms with van der Waals surface area (Å²) in [5.41, 5.74) is 2.61. The summed E-state index contributed by atoms with van der Waals surface area (Å²) in [6.07, 6.45) is 4.90. The van der Waals surface area contributed by atoms with Gasteiger partial charge in [0.1, 0.15) is 17.2 Å². The van der Waals surface area contributed by atoms with Crippen molar-refractivity contribution in [1.29, 1.82) is 0 Å². The van der Waals surface area contributed by atoms with E-state index in [0.29, 0.717) is 6.04 Å². The molecule has 0 radical (unpaired) electrons. The van der Waals surface area contributed by atoms with Crippen molar-refractivity contribution < 1.29 is 4.74 Å². The van der Waals surface area contributed by atoms with Crippen LogP contribution in [0.25, 0.3) is 0 Å². The van der Waals surface area contributed by atoms with Crippen molar-refractivity contribution in [3.05, 3.63) is 47.5 Å². The molecule has 6 heteroatoms. The molecule has 1 unspecified atom stereocenters. The van der Waals surface area contributed by atoms with Crippen LogP contribution in [0.4, 0.5) is 0 Å². The van der Waals surface area contributed by atoms with Crippen molar-refractivity contribution in [3.63, 3.8) is 0 Å². The van der Waals surface area contributed by atoms with Crippen LogP contribution in [0.2, 0.25) is 0 Å². The van der Waals surface area contributed by atoms with E-state index in [1.54, 1.807) is 0 Å². The van der Waals surface area contributed by atoms with Crippen molar-refractivity contribution in [2.75, 3.05) is 19.6 Å². The standard InChI is InChI=1S/C19H26N4O.ClH/c1-19(2)11-15-10-14(4-5-17(15)24-19)13-23-9-6-20-12-16(23)18-21-7-8-22(18)3;/h4-5,7-8,10,16,20H,6,9,11-13H2,1-3H3;1H. The molecule has 2 aromatic rings. The van der Waals surface area contributed by atoms with Crippen molar-refractivity contribution in [1.82, 2.24) is 19.8 Å². The average molecular weight is 363 g/mol. The summed E-state index contributed by atoms with van der Waals surface area (Å²) < 4.78 is 8.13. The number of aromatic nitrogens is 2. The molecule has 5 nitrogen and oxygen atoms in total. The number of fused-ring (bicyclic) bond motifs is 1. The number of nitrogens with one attached hydrogen (secondary N) is 1. The van der Waals surface area contributed by atoms with E-state index in [2.05, 4.69) is 58.9 Å². The first-order valence-corrected chi connectivity index (χ1v) is 8.75. The molecule has 4 rings (SSSR count). The molecule has 2 aliphatic rings. The van der Waals surface area contributed by atoms with E-state index in [1.165, 1.54) is 11.1 Å². The molecule has 1 N–H and O–H groups in total. The second-order valence-electron chi connectivity index (χ2n) is 7.57. The molecule has 0 bridgehead atoms. The zero-order valence-electron chi connectivity index (χ0n) is 15.2. The number of hydrogen-bond donors (Lipinski definition) is 1. The maximum atomic E-state index is 6.00. The van der Waals surface area contributed by atoms with Crippen molar-refractivity contribution >= 4 is 12.4 Å². The second-order valence-corrected chi connectivity index (χ2v) is 7.57. The third-order valence-electron chi connectivity index (χ3n) is 5.02. The van der Waals surface area contributed by atoms with Crippen molar-refractivity contribution in [2.45, 2.75) is 38.5 Å². The van der Waals surface area contributed by atoms with Gasteiger partial charge in [-0.2, -0.15) is 0 Å². The van der Waals surface area contributed by atoms with Crippen LogP contribution in [-0.2, 0) is 20.0 Å². The summed E-state index contributed by atoms with van der Waals surface area (Å²) in [6, 6.07) is 6.98. The highest BCUT2D eigenvalue weighted by Crippen LogP contribution is 2.35. The lowest BCUT2D eigenvalue weighted by atomic mass is 10.00. The van der Waals surface area contributed by atoms with Gasteiger partial charge in [0.2, 0.25) is 0 Å². The van der Waals surface area contributed by atoms with E-state index in [-0.39, 0.29) is 18.0 Å². The number of benzene rings is 1. The second kappa shape index (κ2) is 6.98. The highest BCUT2D eigenvalue weighted by Gasteiger charge is 2.31. The lowest BCUT2D eigenvalue weighted by Crippen LogP contribution is -2.46. The molecule has 1 aromatic heterocycles. The minimum atomic E-state index is -0.0779. The number of aryl methyl sites for hydroxylation is 1. The minimum absolute atomic E-state index is 0. The molecule has 0 spiro atoms. The smallest absolute Gasteiger partial charge is 0.127 e. The van der Waals surface area contributed by atoms with Gasteiger partial charge in [0.05, 0.1) is 6.04 Å². The van der Waals surface area contributed by atoms with Crippen molar-refractivity contribution in [2.24, 2.45) is 7.05 Å². The van der Waals surface area contributed by atoms with Gasteiger partial charge in [0, 0.05) is 52.0 Å². The monoisotopic (exact) mass is 362 g/mol. The van der Waals surface area contributed by atoms with Crippen molar-refractivity contribution in [3.8, 4) is 5.75 Å². The first-order chi connectivity index (χ1) is 11.5. The minimum Gasteiger partial charge on any atom is -0.487 e. The summed E-state index contributed by atoms with van der Waals surface area (Å²) >= 11 is 0. The first-order valence-electron chi connectivity index (χ1n) is 8.75. The number of ether oxygens (including phenoxy) is 1. The van der Waals surface area contributed by atoms with Gasteiger partial charge in [-0.25, -0.2) is 4.98 Å². The Morgan fingerprint density at radius 2 is 2.20 bits per heavy atom. The summed E-state index contributed by atoms with van der Waals surface area (Å²) in [4.78, 5) is 7.10. The first kappa shape index (κ1) is 18.2. The number of imidazole rings is 1. The number of piperazine rings is 1. The van der Waals surface area contributed by atoms with Gasteiger partial charge < -0.3 is 14.6 Å². The predicted molar refractivity (Wildman–Crippen MR) is 101 cm³/mol. The summed E-state index contributed by atoms with van der Waals surface area (Å²) in [5.74, 6) is 2.18. The molecule has 1 fully saturated rings. The van der Waals surface area contributed by atoms with Crippen LogP contribution in [0, 0.1) is 0 Å². The third-order valence-corrected chi connectivity index (χ3v) is 5.02. The molecular weight excluding hydrogens is 336 g/mol. The Hall–Kier alpha value is -1.56. The van der Waals surface area contributed by atoms with Crippen LogP contribution in [0.1, 0.15) is 36.8 Å². The molecule has 1 saturated heterocycles. The van der Waals surface area contributed by atoms with Gasteiger partial charge in [-0.3, -0.25) is 4.90 Å². The molecule has 2 aliphatic heterocycles. The Kier molecular flexibility index (Phi) is 5.09. The highest BCUT2D eigenvalue weighted by atomic mass is 35.5. The van der Waals surface area contributed by atoms with Crippen LogP contribution in [0.15, 0.2) is 30.6 Å². The number of halogens is 1. The molecule has 136 valence electrons. The maximum absolute atomic E-state index is 6.00. The molecule has 0 amide bonds. The zero-order chi connectivity index (χ0) is 16.7. The normalized spacial score (nSPS) is 22.1. The Balaban J connectivity index is 0.00000182. The Labute approximate surface area is 155 Å². The van der Waals surface area contributed by atoms with E-state index in [0.717, 1.165) is 44.2 Å². The molecule has 0 saturated carbocycles. The highest BCUT2D eigenvalue weighted by molar-refractivity contribution is 5.85. The fraction of sp³-hybridized carbons (Fsp3) is 0.526. The van der Waals surface area contributed by atoms with E-state index in [4.69, 9.17) is 4.74 Å². The molecule has 1 aromatic carbocycles. The van der Waals surface area contributed by atoms with Crippen LogP contribution in [0.5, 0.6) is 5.75 Å². The van der Waals surface area contributed by atoms with Gasteiger partial charge in [-0.15, -0.1) is 12.4 Å². The third kappa shape index (κ3) is 3.68. The summed E-state index contributed by atoms with van der Waals surface area (Å²) in [6.45, 7) is 8.28. The van der Waals surface area contributed by atoms with E-state index >= 15 is 0 Å². The molecule has 3 heterocycles. The summed E-state index contributed by atoms with van der Waals surface area (Å²) in [5, 5.41) is 3.50. The Bertz CT molecular complexity index is 743. The van der Waals surface area contributed by atoms with Gasteiger partial charge in [-0.1, -0.05) is 12.1 Å². The van der Waals surface area contributed by atoms with Gasteiger partial charge in [0.25, 0.3) is 0 Å². The van der Waals surface area contributed by atoms with E-state index < -0.39 is 0 Å². The van der Waals surface area contributed by atoms with Gasteiger partial charge in [0.15, 0.2) is 0 Å². The fourth-order valence-electron chi connectivity index (χ4n) is 3.88. The fourth-order valence-corrected chi connectivity index (χ4v) is 3.88. The molecular formula is C19H27ClN4O. The van der Waals surface area contributed by atoms with E-state index in [9.17, 15) is 0 Å². The molecule has 25 heavy (non-hydrogen) atoms. The molecule has 1 atom stereocenters. The van der Waals surface area contributed by atoms with E-state index in [1.807, 2.05) is 12.4 Å². The predicted octanol–water partition coefficient (Wildman–Crippen LogP) is 2.70. The average Bonchev–Trinajstić information content (AvgIpc) is 3.09. The zero-order valence-corrected chi connectivity index (χ0v) is 16.0. The number of hydrogen-bond acceptors (Lipinski definition) is 4. The van der Waals surface area contributed by atoms with Crippen LogP contribution >= 0.6 is 12.4 Å². The molecule has 0 aliphatic carbocycles. The maximum Gasteiger partial charge on any atom is 0.127 e. The lowest BCUT2D eigenvalue weighted by molar-refractivity contribution is 0.138. The summed E-state index contributed by atoms with van der Waals surface area (Å²) in [7, 11) is 2.07. The van der Waals surface area contributed by atoms with Crippen LogP contribution < -0.4 is 10.1 Å². The number of nitrogens with zero attached hydrogens (tertiary/aromatic N) is 3. The van der Waals surface area contributed by atoms with Crippen LogP contribution in [-0.4, -0.2) is 39.7 Å². The largest absolute Gasteiger partial charge is 0.487 e. The Morgan fingerprint density at radius 3 is 2.96 bits per heavy atom. The number of rotatable bonds is 3.